The average Bonchev–Trinajstić information content (AvgIpc) is 2.63. The van der Waals surface area contributed by atoms with Gasteiger partial charge in [0.2, 0.25) is 5.91 Å². The number of carbonyl (C=O) groups is 2. The molecule has 2 aromatic rings. The minimum absolute atomic E-state index is 0.0218. The quantitative estimate of drug-likeness (QED) is 0.875. The van der Waals surface area contributed by atoms with Crippen LogP contribution in [0, 0.1) is 0 Å². The largest absolute Gasteiger partial charge is 0.435 e. The second kappa shape index (κ2) is 7.95. The van der Waals surface area contributed by atoms with Gasteiger partial charge in [0.25, 0.3) is 5.91 Å². The molecule has 2 aromatic carbocycles. The minimum Gasteiger partial charge on any atom is -0.435 e. The molecule has 26 heavy (non-hydrogen) atoms. The molecule has 1 aliphatic rings. The first-order valence-electron chi connectivity index (χ1n) is 8.29. The van der Waals surface area contributed by atoms with Gasteiger partial charge < -0.3 is 15.0 Å². The van der Waals surface area contributed by atoms with Crippen LogP contribution in [-0.2, 0) is 4.79 Å². The normalized spacial score (nSPS) is 14.4. The minimum atomic E-state index is -2.89. The van der Waals surface area contributed by atoms with Crippen LogP contribution in [-0.4, -0.2) is 25.0 Å². The molecule has 0 saturated carbocycles. The maximum Gasteiger partial charge on any atom is 0.387 e. The number of halogens is 2. The summed E-state index contributed by atoms with van der Waals surface area (Å²) in [5, 5.41) is 2.68. The zero-order valence-corrected chi connectivity index (χ0v) is 14.0. The number of nitrogens with zero attached hydrogens (tertiary/aromatic N) is 1. The van der Waals surface area contributed by atoms with Crippen molar-refractivity contribution in [2.75, 3.05) is 16.8 Å². The van der Waals surface area contributed by atoms with Gasteiger partial charge in [-0.1, -0.05) is 0 Å². The summed E-state index contributed by atoms with van der Waals surface area (Å²) < 4.78 is 28.5. The molecule has 1 N–H and O–H groups in total. The molecule has 1 saturated heterocycles. The number of amides is 2. The Morgan fingerprint density at radius 3 is 2.35 bits per heavy atom. The third-order valence-corrected chi connectivity index (χ3v) is 4.10. The van der Waals surface area contributed by atoms with E-state index in [2.05, 4.69) is 10.1 Å². The van der Waals surface area contributed by atoms with Crippen molar-refractivity contribution in [1.82, 2.24) is 0 Å². The zero-order valence-electron chi connectivity index (χ0n) is 14.0. The highest BCUT2D eigenvalue weighted by Gasteiger charge is 2.19. The van der Waals surface area contributed by atoms with Gasteiger partial charge in [-0.3, -0.25) is 9.59 Å². The highest BCUT2D eigenvalue weighted by Crippen LogP contribution is 2.22. The van der Waals surface area contributed by atoms with Gasteiger partial charge in [0.15, 0.2) is 0 Å². The summed E-state index contributed by atoms with van der Waals surface area (Å²) in [5.41, 5.74) is 1.68. The summed E-state index contributed by atoms with van der Waals surface area (Å²) in [6.07, 6.45) is 2.43. The summed E-state index contributed by atoms with van der Waals surface area (Å²) in [5.74, 6) is -0.211. The summed E-state index contributed by atoms with van der Waals surface area (Å²) in [4.78, 5) is 26.0. The maximum atomic E-state index is 12.3. The van der Waals surface area contributed by atoms with Crippen LogP contribution in [0.25, 0.3) is 0 Å². The molecule has 0 spiro atoms. The van der Waals surface area contributed by atoms with Crippen molar-refractivity contribution in [3.63, 3.8) is 0 Å². The summed E-state index contributed by atoms with van der Waals surface area (Å²) >= 11 is 0. The van der Waals surface area contributed by atoms with Crippen LogP contribution in [0.2, 0.25) is 0 Å². The Morgan fingerprint density at radius 1 is 1.04 bits per heavy atom. The van der Waals surface area contributed by atoms with Crippen molar-refractivity contribution in [3.8, 4) is 5.75 Å². The topological polar surface area (TPSA) is 58.6 Å². The highest BCUT2D eigenvalue weighted by atomic mass is 19.3. The van der Waals surface area contributed by atoms with E-state index in [0.29, 0.717) is 24.2 Å². The molecular formula is C19H18F2N2O3. The van der Waals surface area contributed by atoms with Crippen molar-refractivity contribution in [2.24, 2.45) is 0 Å². The molecule has 3 rings (SSSR count). The van der Waals surface area contributed by atoms with E-state index in [1.807, 2.05) is 0 Å². The van der Waals surface area contributed by atoms with Crippen LogP contribution in [0.1, 0.15) is 29.6 Å². The number of nitrogens with one attached hydrogen (secondary N) is 1. The number of piperidine rings is 1. The molecule has 0 radical (unpaired) electrons. The van der Waals surface area contributed by atoms with Crippen LogP contribution >= 0.6 is 0 Å². The Kier molecular flexibility index (Phi) is 5.46. The summed E-state index contributed by atoms with van der Waals surface area (Å²) in [6.45, 7) is -2.20. The molecule has 0 aliphatic carbocycles. The number of hydrogen-bond donors (Lipinski definition) is 1. The Morgan fingerprint density at radius 2 is 1.73 bits per heavy atom. The molecule has 0 unspecified atom stereocenters. The van der Waals surface area contributed by atoms with E-state index >= 15 is 0 Å². The van der Waals surface area contributed by atoms with Gasteiger partial charge in [-0.2, -0.15) is 8.78 Å². The van der Waals surface area contributed by atoms with Crippen LogP contribution in [0.5, 0.6) is 5.75 Å². The molecule has 0 aromatic heterocycles. The number of benzene rings is 2. The number of hydrogen-bond acceptors (Lipinski definition) is 3. The highest BCUT2D eigenvalue weighted by molar-refractivity contribution is 6.04. The van der Waals surface area contributed by atoms with Crippen molar-refractivity contribution >= 4 is 23.2 Å². The number of rotatable bonds is 5. The van der Waals surface area contributed by atoms with Crippen molar-refractivity contribution < 1.29 is 23.1 Å². The fourth-order valence-corrected chi connectivity index (χ4v) is 2.79. The van der Waals surface area contributed by atoms with Gasteiger partial charge in [0.05, 0.1) is 0 Å². The lowest BCUT2D eigenvalue weighted by atomic mass is 10.1. The lowest BCUT2D eigenvalue weighted by Gasteiger charge is -2.26. The van der Waals surface area contributed by atoms with E-state index in [1.165, 1.54) is 24.3 Å². The third kappa shape index (κ3) is 4.36. The van der Waals surface area contributed by atoms with Crippen LogP contribution in [0.4, 0.5) is 20.2 Å². The predicted octanol–water partition coefficient (Wildman–Crippen LogP) is 4.06. The second-order valence-electron chi connectivity index (χ2n) is 5.91. The number of carbonyl (C=O) groups excluding carboxylic acids is 2. The molecular weight excluding hydrogens is 342 g/mol. The van der Waals surface area contributed by atoms with Gasteiger partial charge in [0, 0.05) is 29.9 Å². The van der Waals surface area contributed by atoms with Gasteiger partial charge in [-0.15, -0.1) is 0 Å². The van der Waals surface area contributed by atoms with Crippen molar-refractivity contribution in [3.05, 3.63) is 54.1 Å². The SMILES string of the molecule is O=C(Nc1ccc(OC(F)F)cc1)c1ccc(N2CCCCC2=O)cc1. The first-order valence-corrected chi connectivity index (χ1v) is 8.29. The van der Waals surface area contributed by atoms with E-state index in [-0.39, 0.29) is 17.6 Å². The van der Waals surface area contributed by atoms with Crippen molar-refractivity contribution in [2.45, 2.75) is 25.9 Å². The van der Waals surface area contributed by atoms with Gasteiger partial charge >= 0.3 is 6.61 Å². The Labute approximate surface area is 149 Å². The van der Waals surface area contributed by atoms with E-state index in [4.69, 9.17) is 0 Å². The molecule has 0 bridgehead atoms. The Bertz CT molecular complexity index is 776. The summed E-state index contributed by atoms with van der Waals surface area (Å²) in [7, 11) is 0. The predicted molar refractivity (Wildman–Crippen MR) is 93.7 cm³/mol. The number of alkyl halides is 2. The molecule has 2 amide bonds. The molecule has 1 heterocycles. The lowest BCUT2D eigenvalue weighted by Crippen LogP contribution is -2.35. The number of ether oxygens (including phenoxy) is 1. The molecule has 5 nitrogen and oxygen atoms in total. The van der Waals surface area contributed by atoms with Crippen LogP contribution < -0.4 is 15.0 Å². The average molecular weight is 360 g/mol. The second-order valence-corrected chi connectivity index (χ2v) is 5.91. The molecule has 1 fully saturated rings. The first-order chi connectivity index (χ1) is 12.5. The van der Waals surface area contributed by atoms with Crippen molar-refractivity contribution in [1.29, 1.82) is 0 Å². The molecule has 0 atom stereocenters. The Balaban J connectivity index is 1.63. The fourth-order valence-electron chi connectivity index (χ4n) is 2.79. The van der Waals surface area contributed by atoms with Gasteiger partial charge in [0.1, 0.15) is 5.75 Å². The van der Waals surface area contributed by atoms with E-state index < -0.39 is 6.61 Å². The third-order valence-electron chi connectivity index (χ3n) is 4.10. The van der Waals surface area contributed by atoms with E-state index in [9.17, 15) is 18.4 Å². The van der Waals surface area contributed by atoms with Gasteiger partial charge in [-0.25, -0.2) is 0 Å². The zero-order chi connectivity index (χ0) is 18.5. The summed E-state index contributed by atoms with van der Waals surface area (Å²) in [6, 6.07) is 12.5. The van der Waals surface area contributed by atoms with Crippen LogP contribution in [0.3, 0.4) is 0 Å². The number of anilines is 2. The van der Waals surface area contributed by atoms with E-state index in [0.717, 1.165) is 18.5 Å². The van der Waals surface area contributed by atoms with E-state index in [1.54, 1.807) is 29.2 Å². The van der Waals surface area contributed by atoms with Crippen LogP contribution in [0.15, 0.2) is 48.5 Å². The molecule has 7 heteroatoms. The Hall–Kier alpha value is -2.96. The fraction of sp³-hybridized carbons (Fsp3) is 0.263. The monoisotopic (exact) mass is 360 g/mol. The lowest BCUT2D eigenvalue weighted by molar-refractivity contribution is -0.119. The standard InChI is InChI=1S/C19H18F2N2O3/c20-19(21)26-16-10-6-14(7-11-16)22-18(25)13-4-8-15(9-5-13)23-12-2-1-3-17(23)24/h4-11,19H,1-3,12H2,(H,22,25). The molecule has 1 aliphatic heterocycles. The molecule has 136 valence electrons. The first kappa shape index (κ1) is 17.8. The van der Waals surface area contributed by atoms with Gasteiger partial charge in [-0.05, 0) is 61.4 Å². The smallest absolute Gasteiger partial charge is 0.387 e. The maximum absolute atomic E-state index is 12.3.